The summed E-state index contributed by atoms with van der Waals surface area (Å²) in [5, 5.41) is 13.1. The van der Waals surface area contributed by atoms with Crippen molar-refractivity contribution in [1.29, 1.82) is 0 Å². The molecule has 0 fully saturated rings. The first kappa shape index (κ1) is 23.6. The topological polar surface area (TPSA) is 82.3 Å². The van der Waals surface area contributed by atoms with Gasteiger partial charge in [-0.2, -0.15) is 5.10 Å². The molecular weight excluding hydrogens is 475 g/mol. The van der Waals surface area contributed by atoms with E-state index < -0.39 is 0 Å². The molecule has 3 N–H and O–H groups in total. The van der Waals surface area contributed by atoms with Crippen LogP contribution in [0.25, 0.3) is 55.4 Å². The van der Waals surface area contributed by atoms with Gasteiger partial charge in [0.1, 0.15) is 11.5 Å². The van der Waals surface area contributed by atoms with Gasteiger partial charge in [-0.25, -0.2) is 4.39 Å². The quantitative estimate of drug-likeness (QED) is 0.196. The predicted molar refractivity (Wildman–Crippen MR) is 152 cm³/mol. The van der Waals surface area contributed by atoms with Crippen molar-refractivity contribution in [2.45, 2.75) is 26.2 Å². The lowest BCUT2D eigenvalue weighted by Gasteiger charge is -2.10. The minimum absolute atomic E-state index is 0.278. The van der Waals surface area contributed by atoms with Crippen molar-refractivity contribution in [2.75, 3.05) is 5.32 Å². The van der Waals surface area contributed by atoms with E-state index in [9.17, 15) is 4.39 Å². The monoisotopic (exact) mass is 502 g/mol. The molecular formula is C31H27FN6. The van der Waals surface area contributed by atoms with Gasteiger partial charge >= 0.3 is 0 Å². The summed E-state index contributed by atoms with van der Waals surface area (Å²) in [6.07, 6.45) is 10.4. The van der Waals surface area contributed by atoms with Gasteiger partial charge in [0, 0.05) is 40.0 Å². The van der Waals surface area contributed by atoms with Gasteiger partial charge in [-0.1, -0.05) is 38.1 Å². The van der Waals surface area contributed by atoms with Gasteiger partial charge in [0.15, 0.2) is 0 Å². The molecule has 188 valence electrons. The van der Waals surface area contributed by atoms with E-state index in [0.29, 0.717) is 0 Å². The Labute approximate surface area is 219 Å². The molecule has 0 aliphatic heterocycles. The summed E-state index contributed by atoms with van der Waals surface area (Å²) in [4.78, 5) is 12.3. The van der Waals surface area contributed by atoms with Crippen molar-refractivity contribution < 1.29 is 4.39 Å². The summed E-state index contributed by atoms with van der Waals surface area (Å²) in [6.45, 7) is 6.31. The van der Waals surface area contributed by atoms with Crippen LogP contribution in [0.3, 0.4) is 0 Å². The first-order valence-electron chi connectivity index (χ1n) is 12.7. The number of anilines is 1. The SMILES string of the molecule is C=C(CCCC)Nc1cncc(-c2ccc3[nH]nc(-c4cc5c(-c6cccc(F)c6)cncc5[nH]4)c3c2)c1. The second-order valence-corrected chi connectivity index (χ2v) is 9.47. The molecule has 7 heteroatoms. The predicted octanol–water partition coefficient (Wildman–Crippen LogP) is 8.09. The summed E-state index contributed by atoms with van der Waals surface area (Å²) < 4.78 is 13.9. The third kappa shape index (κ3) is 4.54. The molecule has 0 unspecified atom stereocenters. The summed E-state index contributed by atoms with van der Waals surface area (Å²) in [6, 6.07) is 16.9. The van der Waals surface area contributed by atoms with Gasteiger partial charge < -0.3 is 10.3 Å². The second-order valence-electron chi connectivity index (χ2n) is 9.47. The minimum atomic E-state index is -0.278. The lowest BCUT2D eigenvalue weighted by molar-refractivity contribution is 0.628. The molecule has 0 bridgehead atoms. The Balaban J connectivity index is 1.37. The Bertz CT molecular complexity index is 1780. The van der Waals surface area contributed by atoms with Gasteiger partial charge in [0.2, 0.25) is 0 Å². The lowest BCUT2D eigenvalue weighted by Crippen LogP contribution is -1.98. The third-order valence-electron chi connectivity index (χ3n) is 6.72. The first-order chi connectivity index (χ1) is 18.6. The van der Waals surface area contributed by atoms with Crippen LogP contribution in [0.5, 0.6) is 0 Å². The molecule has 4 aromatic heterocycles. The number of allylic oxidation sites excluding steroid dienone is 1. The van der Waals surface area contributed by atoms with Crippen LogP contribution in [0, 0.1) is 5.82 Å². The smallest absolute Gasteiger partial charge is 0.123 e. The number of aromatic nitrogens is 5. The van der Waals surface area contributed by atoms with Crippen LogP contribution in [-0.4, -0.2) is 25.1 Å². The molecule has 4 heterocycles. The molecule has 6 aromatic rings. The number of fused-ring (bicyclic) bond motifs is 2. The van der Waals surface area contributed by atoms with Crippen LogP contribution in [-0.2, 0) is 0 Å². The highest BCUT2D eigenvalue weighted by Crippen LogP contribution is 2.35. The van der Waals surface area contributed by atoms with Crippen LogP contribution in [0.2, 0.25) is 0 Å². The minimum Gasteiger partial charge on any atom is -0.358 e. The van der Waals surface area contributed by atoms with Gasteiger partial charge in [0.05, 0.1) is 34.8 Å². The number of H-pyrrole nitrogens is 2. The number of nitrogens with zero attached hydrogens (tertiary/aromatic N) is 3. The zero-order valence-corrected chi connectivity index (χ0v) is 21.1. The number of pyridine rings is 2. The molecule has 0 saturated carbocycles. The van der Waals surface area contributed by atoms with Crippen molar-refractivity contribution in [1.82, 2.24) is 25.1 Å². The van der Waals surface area contributed by atoms with Crippen molar-refractivity contribution in [2.24, 2.45) is 0 Å². The summed E-state index contributed by atoms with van der Waals surface area (Å²) in [5.74, 6) is -0.278. The number of benzene rings is 2. The first-order valence-corrected chi connectivity index (χ1v) is 12.7. The number of halogens is 1. The van der Waals surface area contributed by atoms with E-state index in [2.05, 4.69) is 62.2 Å². The summed E-state index contributed by atoms with van der Waals surface area (Å²) >= 11 is 0. The Morgan fingerprint density at radius 2 is 1.79 bits per heavy atom. The van der Waals surface area contributed by atoms with Crippen molar-refractivity contribution in [3.05, 3.63) is 97.5 Å². The fraction of sp³-hybridized carbons (Fsp3) is 0.129. The van der Waals surface area contributed by atoms with Crippen LogP contribution in [0.4, 0.5) is 10.1 Å². The van der Waals surface area contributed by atoms with Crippen LogP contribution < -0.4 is 5.32 Å². The fourth-order valence-electron chi connectivity index (χ4n) is 4.79. The molecule has 0 radical (unpaired) electrons. The molecule has 0 saturated heterocycles. The normalized spacial score (nSPS) is 11.3. The Morgan fingerprint density at radius 3 is 2.66 bits per heavy atom. The maximum absolute atomic E-state index is 13.9. The van der Waals surface area contributed by atoms with E-state index in [4.69, 9.17) is 0 Å². The van der Waals surface area contributed by atoms with E-state index in [1.807, 2.05) is 30.6 Å². The zero-order valence-electron chi connectivity index (χ0n) is 21.1. The summed E-state index contributed by atoms with van der Waals surface area (Å²) in [5.41, 5.74) is 9.04. The van der Waals surface area contributed by atoms with E-state index in [-0.39, 0.29) is 5.82 Å². The highest BCUT2D eigenvalue weighted by Gasteiger charge is 2.15. The van der Waals surface area contributed by atoms with Crippen molar-refractivity contribution in [3.8, 4) is 33.6 Å². The number of rotatable bonds is 8. The zero-order chi connectivity index (χ0) is 26.1. The Kier molecular flexibility index (Phi) is 6.17. The average molecular weight is 503 g/mol. The van der Waals surface area contributed by atoms with Gasteiger partial charge in [-0.3, -0.25) is 15.1 Å². The highest BCUT2D eigenvalue weighted by molar-refractivity contribution is 6.01. The lowest BCUT2D eigenvalue weighted by atomic mass is 10.0. The van der Waals surface area contributed by atoms with E-state index in [0.717, 1.165) is 86.1 Å². The summed E-state index contributed by atoms with van der Waals surface area (Å²) in [7, 11) is 0. The Hall–Kier alpha value is -4.78. The van der Waals surface area contributed by atoms with Crippen molar-refractivity contribution >= 4 is 27.5 Å². The molecule has 38 heavy (non-hydrogen) atoms. The molecule has 0 atom stereocenters. The fourth-order valence-corrected chi connectivity index (χ4v) is 4.79. The van der Waals surface area contributed by atoms with Crippen LogP contribution in [0.15, 0.2) is 91.7 Å². The van der Waals surface area contributed by atoms with E-state index in [1.165, 1.54) is 12.1 Å². The maximum Gasteiger partial charge on any atom is 0.123 e. The van der Waals surface area contributed by atoms with Gasteiger partial charge in [-0.15, -0.1) is 0 Å². The van der Waals surface area contributed by atoms with Gasteiger partial charge in [-0.05, 0) is 60.4 Å². The van der Waals surface area contributed by atoms with E-state index in [1.54, 1.807) is 18.5 Å². The molecule has 6 nitrogen and oxygen atoms in total. The Morgan fingerprint density at radius 1 is 0.895 bits per heavy atom. The largest absolute Gasteiger partial charge is 0.358 e. The standard InChI is InChI=1S/C31H27FN6/c1-3-4-6-19(2)35-24-12-22(15-33-16-24)20-9-10-28-26(13-20)31(38-37-28)29-14-25-27(17-34-18-30(25)36-29)21-7-5-8-23(32)11-21/h5,7-18,35-36H,2-4,6H2,1H3,(H,37,38). The highest BCUT2D eigenvalue weighted by atomic mass is 19.1. The molecule has 0 aliphatic rings. The van der Waals surface area contributed by atoms with Gasteiger partial charge in [0.25, 0.3) is 0 Å². The molecule has 0 amide bonds. The van der Waals surface area contributed by atoms with Crippen LogP contribution >= 0.6 is 0 Å². The maximum atomic E-state index is 13.9. The third-order valence-corrected chi connectivity index (χ3v) is 6.72. The number of unbranched alkanes of at least 4 members (excludes halogenated alkanes) is 1. The average Bonchev–Trinajstić information content (AvgIpc) is 3.55. The second kappa shape index (κ2) is 9.94. The molecule has 2 aromatic carbocycles. The number of aromatic amines is 2. The van der Waals surface area contributed by atoms with Crippen LogP contribution in [0.1, 0.15) is 26.2 Å². The molecule has 6 rings (SSSR count). The number of nitrogens with one attached hydrogen (secondary N) is 3. The van der Waals surface area contributed by atoms with E-state index >= 15 is 0 Å². The number of hydrogen-bond donors (Lipinski definition) is 3. The number of hydrogen-bond acceptors (Lipinski definition) is 4. The van der Waals surface area contributed by atoms with Crippen molar-refractivity contribution in [3.63, 3.8) is 0 Å². The molecule has 0 aliphatic carbocycles. The molecule has 0 spiro atoms.